The van der Waals surface area contributed by atoms with Crippen molar-refractivity contribution in [2.45, 2.75) is 25.5 Å². The standard InChI is InChI=1S/C24H21ClN6O2/c25-19-8-18(11-26-12-19)21-10-22(21)24(32)29-23-9-20(13-27-30-23)33-15-17-4-2-16(3-5-17)14-31-7-1-6-28-31/h1-9,11-13,21-22H,10,14-15H2,(H,29,30,32). The van der Waals surface area contributed by atoms with E-state index in [1.54, 1.807) is 24.7 Å². The van der Waals surface area contributed by atoms with Crippen LogP contribution < -0.4 is 10.1 Å². The van der Waals surface area contributed by atoms with Gasteiger partial charge < -0.3 is 10.1 Å². The van der Waals surface area contributed by atoms with Crippen LogP contribution in [0.3, 0.4) is 0 Å². The molecular weight excluding hydrogens is 440 g/mol. The van der Waals surface area contributed by atoms with Crippen molar-refractivity contribution in [3.05, 3.63) is 95.2 Å². The molecule has 1 aliphatic rings. The van der Waals surface area contributed by atoms with Crippen molar-refractivity contribution in [1.29, 1.82) is 0 Å². The lowest BCUT2D eigenvalue weighted by atomic mass is 10.1. The summed E-state index contributed by atoms with van der Waals surface area (Å²) in [6, 6.07) is 13.6. The Morgan fingerprint density at radius 3 is 2.79 bits per heavy atom. The average molecular weight is 461 g/mol. The topological polar surface area (TPSA) is 94.8 Å². The van der Waals surface area contributed by atoms with Crippen molar-refractivity contribution >= 4 is 23.3 Å². The summed E-state index contributed by atoms with van der Waals surface area (Å²) in [6.07, 6.45) is 9.32. The Labute approximate surface area is 195 Å². The molecule has 1 aromatic carbocycles. The lowest BCUT2D eigenvalue weighted by Gasteiger charge is -2.09. The Hall–Kier alpha value is -3.78. The van der Waals surface area contributed by atoms with E-state index in [-0.39, 0.29) is 17.7 Å². The van der Waals surface area contributed by atoms with Crippen LogP contribution in [0, 0.1) is 5.92 Å². The lowest BCUT2D eigenvalue weighted by molar-refractivity contribution is -0.117. The van der Waals surface area contributed by atoms with Crippen molar-refractivity contribution in [3.8, 4) is 5.75 Å². The second-order valence-electron chi connectivity index (χ2n) is 7.96. The molecule has 0 spiro atoms. The Balaban J connectivity index is 1.14. The second-order valence-corrected chi connectivity index (χ2v) is 8.40. The van der Waals surface area contributed by atoms with Gasteiger partial charge in [0.25, 0.3) is 0 Å². The van der Waals surface area contributed by atoms with Gasteiger partial charge >= 0.3 is 0 Å². The van der Waals surface area contributed by atoms with Crippen LogP contribution in [0.2, 0.25) is 5.02 Å². The van der Waals surface area contributed by atoms with Gasteiger partial charge in [-0.15, -0.1) is 5.10 Å². The molecule has 1 aliphatic carbocycles. The monoisotopic (exact) mass is 460 g/mol. The number of nitrogens with one attached hydrogen (secondary N) is 1. The van der Waals surface area contributed by atoms with Crippen molar-refractivity contribution in [2.24, 2.45) is 5.92 Å². The molecule has 1 saturated carbocycles. The summed E-state index contributed by atoms with van der Waals surface area (Å²) in [4.78, 5) is 16.7. The maximum absolute atomic E-state index is 12.6. The van der Waals surface area contributed by atoms with Gasteiger partial charge in [-0.2, -0.15) is 10.2 Å². The van der Waals surface area contributed by atoms with Crippen molar-refractivity contribution in [1.82, 2.24) is 25.0 Å². The molecule has 3 heterocycles. The van der Waals surface area contributed by atoms with Gasteiger partial charge in [-0.3, -0.25) is 14.5 Å². The van der Waals surface area contributed by atoms with E-state index in [4.69, 9.17) is 16.3 Å². The van der Waals surface area contributed by atoms with Gasteiger partial charge in [-0.25, -0.2) is 0 Å². The van der Waals surface area contributed by atoms with Crippen LogP contribution >= 0.6 is 11.6 Å². The van der Waals surface area contributed by atoms with Crippen LogP contribution in [-0.4, -0.2) is 30.9 Å². The van der Waals surface area contributed by atoms with Gasteiger partial charge in [0.2, 0.25) is 5.91 Å². The molecule has 0 aliphatic heterocycles. The first-order valence-corrected chi connectivity index (χ1v) is 10.9. The SMILES string of the molecule is O=C(Nc1cc(OCc2ccc(Cn3cccn3)cc2)cnn1)C1CC1c1cncc(Cl)c1. The number of amides is 1. The van der Waals surface area contributed by atoms with E-state index in [2.05, 4.69) is 37.7 Å². The molecule has 4 aromatic rings. The van der Waals surface area contributed by atoms with Gasteiger partial charge in [0.05, 0.1) is 17.8 Å². The fraction of sp³-hybridized carbons (Fsp3) is 0.208. The van der Waals surface area contributed by atoms with Crippen molar-refractivity contribution < 1.29 is 9.53 Å². The zero-order chi connectivity index (χ0) is 22.6. The molecule has 2 unspecified atom stereocenters. The maximum Gasteiger partial charge on any atom is 0.229 e. The summed E-state index contributed by atoms with van der Waals surface area (Å²) in [5.74, 6) is 0.796. The lowest BCUT2D eigenvalue weighted by Crippen LogP contribution is -2.16. The Bertz CT molecular complexity index is 1250. The van der Waals surface area contributed by atoms with E-state index < -0.39 is 0 Å². The number of halogens is 1. The van der Waals surface area contributed by atoms with E-state index in [0.717, 1.165) is 29.7 Å². The largest absolute Gasteiger partial charge is 0.487 e. The molecule has 166 valence electrons. The summed E-state index contributed by atoms with van der Waals surface area (Å²) in [5.41, 5.74) is 3.16. The summed E-state index contributed by atoms with van der Waals surface area (Å²) >= 11 is 6.00. The van der Waals surface area contributed by atoms with E-state index in [1.165, 1.54) is 6.20 Å². The number of hydrogen-bond acceptors (Lipinski definition) is 6. The third kappa shape index (κ3) is 5.35. The number of aromatic nitrogens is 5. The third-order valence-electron chi connectivity index (χ3n) is 5.49. The molecule has 3 aromatic heterocycles. The van der Waals surface area contributed by atoms with Crippen LogP contribution in [0.5, 0.6) is 5.75 Å². The first kappa shape index (κ1) is 21.1. The van der Waals surface area contributed by atoms with E-state index >= 15 is 0 Å². The highest BCUT2D eigenvalue weighted by Gasteiger charge is 2.44. The zero-order valence-corrected chi connectivity index (χ0v) is 18.4. The van der Waals surface area contributed by atoms with E-state index in [0.29, 0.717) is 23.2 Å². The summed E-state index contributed by atoms with van der Waals surface area (Å²) in [7, 11) is 0. The molecule has 9 heteroatoms. The third-order valence-corrected chi connectivity index (χ3v) is 5.70. The molecular formula is C24H21ClN6O2. The van der Waals surface area contributed by atoms with Gasteiger partial charge in [-0.05, 0) is 41.2 Å². The summed E-state index contributed by atoms with van der Waals surface area (Å²) < 4.78 is 7.72. The minimum absolute atomic E-state index is 0.0980. The number of carbonyl (C=O) groups excluding carboxylic acids is 1. The number of nitrogens with zero attached hydrogens (tertiary/aromatic N) is 5. The predicted octanol–water partition coefficient (Wildman–Crippen LogP) is 4.09. The Kier molecular flexibility index (Phi) is 5.99. The van der Waals surface area contributed by atoms with Crippen LogP contribution in [-0.2, 0) is 17.9 Å². The molecule has 1 N–H and O–H groups in total. The number of carbonyl (C=O) groups is 1. The number of pyridine rings is 1. The van der Waals surface area contributed by atoms with Crippen LogP contribution in [0.15, 0.2) is 73.4 Å². The molecule has 0 saturated heterocycles. The van der Waals surface area contributed by atoms with Gasteiger partial charge in [0.15, 0.2) is 5.82 Å². The smallest absolute Gasteiger partial charge is 0.229 e. The predicted molar refractivity (Wildman–Crippen MR) is 123 cm³/mol. The minimum Gasteiger partial charge on any atom is -0.487 e. The van der Waals surface area contributed by atoms with E-state index in [9.17, 15) is 4.79 Å². The normalized spacial score (nSPS) is 16.9. The quantitative estimate of drug-likeness (QED) is 0.425. The Morgan fingerprint density at radius 1 is 1.15 bits per heavy atom. The van der Waals surface area contributed by atoms with Crippen LogP contribution in [0.25, 0.3) is 0 Å². The van der Waals surface area contributed by atoms with Gasteiger partial charge in [0, 0.05) is 36.8 Å². The van der Waals surface area contributed by atoms with E-state index in [1.807, 2.05) is 35.1 Å². The molecule has 0 radical (unpaired) electrons. The number of ether oxygens (including phenoxy) is 1. The molecule has 33 heavy (non-hydrogen) atoms. The maximum atomic E-state index is 12.6. The second kappa shape index (κ2) is 9.38. The molecule has 5 rings (SSSR count). The zero-order valence-electron chi connectivity index (χ0n) is 17.6. The fourth-order valence-electron chi connectivity index (χ4n) is 3.68. The molecule has 1 fully saturated rings. The summed E-state index contributed by atoms with van der Waals surface area (Å²) in [5, 5.41) is 15.6. The minimum atomic E-state index is -0.128. The number of anilines is 1. The van der Waals surface area contributed by atoms with Crippen molar-refractivity contribution in [2.75, 3.05) is 5.32 Å². The first-order valence-electron chi connectivity index (χ1n) is 10.6. The first-order chi connectivity index (χ1) is 16.1. The highest BCUT2D eigenvalue weighted by Crippen LogP contribution is 2.48. The molecule has 0 bridgehead atoms. The molecule has 2 atom stereocenters. The van der Waals surface area contributed by atoms with Crippen molar-refractivity contribution in [3.63, 3.8) is 0 Å². The highest BCUT2D eigenvalue weighted by molar-refractivity contribution is 6.30. The fourth-order valence-corrected chi connectivity index (χ4v) is 3.86. The van der Waals surface area contributed by atoms with Crippen LogP contribution in [0.4, 0.5) is 5.82 Å². The number of benzene rings is 1. The van der Waals surface area contributed by atoms with Gasteiger partial charge in [-0.1, -0.05) is 35.9 Å². The summed E-state index contributed by atoms with van der Waals surface area (Å²) in [6.45, 7) is 1.11. The van der Waals surface area contributed by atoms with Crippen LogP contribution in [0.1, 0.15) is 29.0 Å². The highest BCUT2D eigenvalue weighted by atomic mass is 35.5. The van der Waals surface area contributed by atoms with Gasteiger partial charge in [0.1, 0.15) is 12.4 Å². The molecule has 8 nitrogen and oxygen atoms in total. The average Bonchev–Trinajstić information content (AvgIpc) is 3.48. The number of hydrogen-bond donors (Lipinski definition) is 1. The Morgan fingerprint density at radius 2 is 2.00 bits per heavy atom. The number of rotatable bonds is 8. The molecule has 1 amide bonds.